The van der Waals surface area contributed by atoms with E-state index in [0.717, 1.165) is 23.2 Å². The van der Waals surface area contributed by atoms with Crippen LogP contribution in [-0.4, -0.2) is 30.8 Å². The van der Waals surface area contributed by atoms with Crippen molar-refractivity contribution >= 4 is 23.3 Å². The number of ketones is 1. The maximum absolute atomic E-state index is 12.9. The largest absolute Gasteiger partial charge is 0.457 e. The first-order valence-electron chi connectivity index (χ1n) is 10.3. The Balaban J connectivity index is 1.44. The van der Waals surface area contributed by atoms with E-state index in [1.54, 1.807) is 29.2 Å². The molecule has 0 unspecified atom stereocenters. The summed E-state index contributed by atoms with van der Waals surface area (Å²) < 4.78 is 5.42. The molecule has 5 heteroatoms. The molecule has 1 saturated heterocycles. The van der Waals surface area contributed by atoms with Crippen LogP contribution in [0.25, 0.3) is 0 Å². The van der Waals surface area contributed by atoms with Gasteiger partial charge >= 0.3 is 5.97 Å². The summed E-state index contributed by atoms with van der Waals surface area (Å²) in [6, 6.07) is 25.6. The Morgan fingerprint density at radius 1 is 0.839 bits per heavy atom. The molecule has 0 bridgehead atoms. The zero-order valence-corrected chi connectivity index (χ0v) is 17.1. The van der Waals surface area contributed by atoms with Gasteiger partial charge in [-0.2, -0.15) is 0 Å². The van der Waals surface area contributed by atoms with Crippen LogP contribution in [0.2, 0.25) is 0 Å². The Morgan fingerprint density at radius 3 is 1.94 bits per heavy atom. The SMILES string of the molecule is O=C(COC(=O)C(c1ccccc1)c1ccccc1)c1ccc(N2CCCC2=O)cc1. The first-order valence-corrected chi connectivity index (χ1v) is 10.3. The van der Waals surface area contributed by atoms with Crippen LogP contribution in [0.1, 0.15) is 40.2 Å². The average molecular weight is 413 g/mol. The lowest BCUT2D eigenvalue weighted by Gasteiger charge is -2.17. The predicted octanol–water partition coefficient (Wildman–Crippen LogP) is 4.37. The van der Waals surface area contributed by atoms with E-state index in [0.29, 0.717) is 18.5 Å². The fourth-order valence-electron chi connectivity index (χ4n) is 3.81. The van der Waals surface area contributed by atoms with Crippen molar-refractivity contribution in [1.29, 1.82) is 0 Å². The lowest BCUT2D eigenvalue weighted by molar-refractivity contribution is -0.143. The van der Waals surface area contributed by atoms with Crippen LogP contribution in [0, 0.1) is 0 Å². The van der Waals surface area contributed by atoms with E-state index in [2.05, 4.69) is 0 Å². The molecule has 156 valence electrons. The third-order valence-corrected chi connectivity index (χ3v) is 5.42. The molecule has 4 rings (SSSR count). The van der Waals surface area contributed by atoms with Crippen LogP contribution < -0.4 is 4.90 Å². The fraction of sp³-hybridized carbons (Fsp3) is 0.192. The van der Waals surface area contributed by atoms with Crippen LogP contribution in [0.5, 0.6) is 0 Å². The number of nitrogens with zero attached hydrogens (tertiary/aromatic N) is 1. The number of carbonyl (C=O) groups excluding carboxylic acids is 3. The van der Waals surface area contributed by atoms with Gasteiger partial charge in [-0.3, -0.25) is 14.4 Å². The Morgan fingerprint density at radius 2 is 1.42 bits per heavy atom. The summed E-state index contributed by atoms with van der Waals surface area (Å²) in [5.74, 6) is -1.25. The van der Waals surface area contributed by atoms with Gasteiger partial charge in [0.25, 0.3) is 0 Å². The van der Waals surface area contributed by atoms with Gasteiger partial charge in [-0.15, -0.1) is 0 Å². The number of amides is 1. The summed E-state index contributed by atoms with van der Waals surface area (Å²) >= 11 is 0. The number of hydrogen-bond acceptors (Lipinski definition) is 4. The highest BCUT2D eigenvalue weighted by Gasteiger charge is 2.25. The van der Waals surface area contributed by atoms with Gasteiger partial charge in [0.05, 0.1) is 0 Å². The molecule has 0 saturated carbocycles. The zero-order valence-electron chi connectivity index (χ0n) is 17.1. The molecule has 1 fully saturated rings. The van der Waals surface area contributed by atoms with Crippen LogP contribution >= 0.6 is 0 Å². The maximum atomic E-state index is 12.9. The normalized spacial score (nSPS) is 13.5. The molecule has 1 aliphatic rings. The van der Waals surface area contributed by atoms with Gasteiger partial charge in [0.1, 0.15) is 5.92 Å². The average Bonchev–Trinajstić information content (AvgIpc) is 3.25. The quantitative estimate of drug-likeness (QED) is 0.426. The van der Waals surface area contributed by atoms with Crippen molar-refractivity contribution in [2.75, 3.05) is 18.1 Å². The molecular weight excluding hydrogens is 390 g/mol. The number of Topliss-reactive ketones (excluding diaryl/α,β-unsaturated/α-hetero) is 1. The number of carbonyl (C=O) groups is 3. The molecule has 0 spiro atoms. The van der Waals surface area contributed by atoms with Crippen molar-refractivity contribution < 1.29 is 19.1 Å². The molecule has 3 aromatic rings. The van der Waals surface area contributed by atoms with Crippen molar-refractivity contribution in [1.82, 2.24) is 0 Å². The predicted molar refractivity (Wildman–Crippen MR) is 118 cm³/mol. The van der Waals surface area contributed by atoms with Gasteiger partial charge in [0.15, 0.2) is 12.4 Å². The molecule has 0 aromatic heterocycles. The van der Waals surface area contributed by atoms with Gasteiger partial charge in [-0.1, -0.05) is 60.7 Å². The van der Waals surface area contributed by atoms with E-state index in [1.807, 2.05) is 60.7 Å². The molecule has 0 N–H and O–H groups in total. The summed E-state index contributed by atoms with van der Waals surface area (Å²) in [5, 5.41) is 0. The second-order valence-corrected chi connectivity index (χ2v) is 7.48. The van der Waals surface area contributed by atoms with Gasteiger partial charge in [0.2, 0.25) is 5.91 Å². The summed E-state index contributed by atoms with van der Waals surface area (Å²) in [5.41, 5.74) is 2.85. The van der Waals surface area contributed by atoms with E-state index in [4.69, 9.17) is 4.74 Å². The Bertz CT molecular complexity index is 1020. The highest BCUT2D eigenvalue weighted by molar-refractivity contribution is 6.00. The molecule has 0 aliphatic carbocycles. The molecule has 3 aromatic carbocycles. The first kappa shape index (κ1) is 20.5. The number of ether oxygens (including phenoxy) is 1. The van der Waals surface area contributed by atoms with E-state index in [9.17, 15) is 14.4 Å². The standard InChI is InChI=1S/C26H23NO4/c28-23(19-13-15-22(16-14-19)27-17-7-12-24(27)29)18-31-26(30)25(20-8-3-1-4-9-20)21-10-5-2-6-11-21/h1-6,8-11,13-16,25H,7,12,17-18H2. The topological polar surface area (TPSA) is 63.7 Å². The van der Waals surface area contributed by atoms with E-state index in [1.165, 1.54) is 0 Å². The number of rotatable bonds is 7. The molecule has 1 amide bonds. The zero-order chi connectivity index (χ0) is 21.6. The summed E-state index contributed by atoms with van der Waals surface area (Å²) in [4.78, 5) is 39.1. The molecule has 5 nitrogen and oxygen atoms in total. The molecule has 1 aliphatic heterocycles. The first-order chi connectivity index (χ1) is 15.1. The highest BCUT2D eigenvalue weighted by atomic mass is 16.5. The van der Waals surface area contributed by atoms with Crippen molar-refractivity contribution in [3.8, 4) is 0 Å². The number of hydrogen-bond donors (Lipinski definition) is 0. The lowest BCUT2D eigenvalue weighted by atomic mass is 9.91. The van der Waals surface area contributed by atoms with Crippen LogP contribution in [0.15, 0.2) is 84.9 Å². The molecule has 1 heterocycles. The minimum absolute atomic E-state index is 0.0980. The van der Waals surface area contributed by atoms with Crippen molar-refractivity contribution in [3.05, 3.63) is 102 Å². The second-order valence-electron chi connectivity index (χ2n) is 7.48. The smallest absolute Gasteiger partial charge is 0.318 e. The van der Waals surface area contributed by atoms with Gasteiger partial charge in [-0.25, -0.2) is 0 Å². The van der Waals surface area contributed by atoms with E-state index >= 15 is 0 Å². The summed E-state index contributed by atoms with van der Waals surface area (Å²) in [6.07, 6.45) is 1.40. The molecule has 0 atom stereocenters. The van der Waals surface area contributed by atoms with Crippen molar-refractivity contribution in [2.24, 2.45) is 0 Å². The van der Waals surface area contributed by atoms with Crippen LogP contribution in [-0.2, 0) is 14.3 Å². The van der Waals surface area contributed by atoms with E-state index in [-0.39, 0.29) is 18.3 Å². The number of anilines is 1. The third-order valence-electron chi connectivity index (χ3n) is 5.42. The molecule has 0 radical (unpaired) electrons. The Hall–Kier alpha value is -3.73. The maximum Gasteiger partial charge on any atom is 0.318 e. The molecule has 31 heavy (non-hydrogen) atoms. The third kappa shape index (κ3) is 4.72. The highest BCUT2D eigenvalue weighted by Crippen LogP contribution is 2.26. The number of benzene rings is 3. The van der Waals surface area contributed by atoms with Crippen LogP contribution in [0.4, 0.5) is 5.69 Å². The van der Waals surface area contributed by atoms with Crippen molar-refractivity contribution in [3.63, 3.8) is 0 Å². The monoisotopic (exact) mass is 413 g/mol. The Kier molecular flexibility index (Phi) is 6.22. The van der Waals surface area contributed by atoms with Crippen LogP contribution in [0.3, 0.4) is 0 Å². The lowest BCUT2D eigenvalue weighted by Crippen LogP contribution is -2.23. The molecular formula is C26H23NO4. The van der Waals surface area contributed by atoms with Gasteiger partial charge < -0.3 is 9.64 Å². The summed E-state index contributed by atoms with van der Waals surface area (Å²) in [6.45, 7) is 0.362. The Labute approximate surface area is 181 Å². The van der Waals surface area contributed by atoms with E-state index < -0.39 is 11.9 Å². The fourth-order valence-corrected chi connectivity index (χ4v) is 3.81. The number of esters is 1. The minimum Gasteiger partial charge on any atom is -0.457 e. The summed E-state index contributed by atoms with van der Waals surface area (Å²) in [7, 11) is 0. The van der Waals surface area contributed by atoms with Crippen molar-refractivity contribution in [2.45, 2.75) is 18.8 Å². The minimum atomic E-state index is -0.598. The second kappa shape index (κ2) is 9.39. The van der Waals surface area contributed by atoms with Gasteiger partial charge in [0, 0.05) is 24.2 Å². The van der Waals surface area contributed by atoms with Gasteiger partial charge in [-0.05, 0) is 41.8 Å².